The highest BCUT2D eigenvalue weighted by Crippen LogP contribution is 2.23. The minimum absolute atomic E-state index is 0.158. The van der Waals surface area contributed by atoms with Crippen LogP contribution >= 0.6 is 11.3 Å². The van der Waals surface area contributed by atoms with Crippen LogP contribution in [0.4, 0.5) is 0 Å². The molecule has 1 aliphatic rings. The summed E-state index contributed by atoms with van der Waals surface area (Å²) in [4.78, 5) is 23.4. The molecule has 1 fully saturated rings. The number of hydrogen-bond acceptors (Lipinski definition) is 4. The van der Waals surface area contributed by atoms with Gasteiger partial charge in [0.15, 0.2) is 0 Å². The molecule has 1 aromatic heterocycles. The third-order valence-electron chi connectivity index (χ3n) is 3.32. The van der Waals surface area contributed by atoms with E-state index in [0.717, 1.165) is 18.9 Å². The van der Waals surface area contributed by atoms with Crippen molar-refractivity contribution in [2.24, 2.45) is 0 Å². The molecule has 2 N–H and O–H groups in total. The number of thiophene rings is 1. The molecule has 0 aromatic carbocycles. The maximum absolute atomic E-state index is 12.3. The smallest absolute Gasteiger partial charge is 0.328 e. The summed E-state index contributed by atoms with van der Waals surface area (Å²) in [5, 5.41) is 13.5. The number of aliphatic carboxylic acids is 1. The van der Waals surface area contributed by atoms with Crippen LogP contribution in [0, 0.1) is 0 Å². The topological polar surface area (TPSA) is 75.6 Å². The standard InChI is InChI=1S/C14H17NO4S/c1-14(5-7-19-8-6-14)15-13(18)12-10(4-9-20-12)2-3-11(16)17/h2-4,9H,5-8H2,1H3,(H,15,18)(H,16,17)/b3-2+. The van der Waals surface area contributed by atoms with Gasteiger partial charge in [0.1, 0.15) is 0 Å². The van der Waals surface area contributed by atoms with Crippen molar-refractivity contribution in [1.29, 1.82) is 0 Å². The molecule has 2 rings (SSSR count). The number of carbonyl (C=O) groups is 2. The molecule has 1 aromatic rings. The molecule has 1 amide bonds. The molecule has 0 saturated carbocycles. The third kappa shape index (κ3) is 3.68. The monoisotopic (exact) mass is 295 g/mol. The first-order chi connectivity index (χ1) is 9.50. The highest BCUT2D eigenvalue weighted by Gasteiger charge is 2.30. The van der Waals surface area contributed by atoms with Crippen molar-refractivity contribution in [2.45, 2.75) is 25.3 Å². The molecular weight excluding hydrogens is 278 g/mol. The van der Waals surface area contributed by atoms with Crippen LogP contribution < -0.4 is 5.32 Å². The lowest BCUT2D eigenvalue weighted by Crippen LogP contribution is -2.49. The second-order valence-corrected chi connectivity index (χ2v) is 5.92. The number of nitrogens with one attached hydrogen (secondary N) is 1. The molecule has 0 spiro atoms. The number of carboxylic acid groups (broad SMARTS) is 1. The van der Waals surface area contributed by atoms with E-state index >= 15 is 0 Å². The van der Waals surface area contributed by atoms with Gasteiger partial charge in [0.25, 0.3) is 5.91 Å². The van der Waals surface area contributed by atoms with Crippen LogP contribution in [0.25, 0.3) is 6.08 Å². The van der Waals surface area contributed by atoms with Crippen LogP contribution in [0.3, 0.4) is 0 Å². The summed E-state index contributed by atoms with van der Waals surface area (Å²) in [5.74, 6) is -1.19. The summed E-state index contributed by atoms with van der Waals surface area (Å²) < 4.78 is 5.30. The molecular formula is C14H17NO4S. The fourth-order valence-electron chi connectivity index (χ4n) is 2.07. The van der Waals surface area contributed by atoms with Gasteiger partial charge in [-0.3, -0.25) is 4.79 Å². The maximum atomic E-state index is 12.3. The first-order valence-electron chi connectivity index (χ1n) is 6.39. The van der Waals surface area contributed by atoms with Gasteiger partial charge in [-0.25, -0.2) is 4.79 Å². The fraction of sp³-hybridized carbons (Fsp3) is 0.429. The van der Waals surface area contributed by atoms with Gasteiger partial charge in [-0.2, -0.15) is 0 Å². The predicted octanol–water partition coefficient (Wildman–Crippen LogP) is 2.14. The third-order valence-corrected chi connectivity index (χ3v) is 4.25. The summed E-state index contributed by atoms with van der Waals surface area (Å²) in [6.45, 7) is 3.30. The molecule has 5 nitrogen and oxygen atoms in total. The average molecular weight is 295 g/mol. The van der Waals surface area contributed by atoms with E-state index in [1.807, 2.05) is 6.92 Å². The molecule has 0 atom stereocenters. The number of rotatable bonds is 4. The first-order valence-corrected chi connectivity index (χ1v) is 7.27. The lowest BCUT2D eigenvalue weighted by molar-refractivity contribution is -0.131. The minimum atomic E-state index is -1.03. The average Bonchev–Trinajstić information content (AvgIpc) is 2.85. The summed E-state index contributed by atoms with van der Waals surface area (Å²) in [7, 11) is 0. The van der Waals surface area contributed by atoms with Crippen LogP contribution in [-0.2, 0) is 9.53 Å². The Labute approximate surface area is 121 Å². The number of hydrogen-bond donors (Lipinski definition) is 2. The summed E-state index contributed by atoms with van der Waals surface area (Å²) >= 11 is 1.31. The lowest BCUT2D eigenvalue weighted by Gasteiger charge is -2.34. The van der Waals surface area contributed by atoms with Crippen LogP contribution in [0.2, 0.25) is 0 Å². The van der Waals surface area contributed by atoms with Crippen molar-refractivity contribution in [3.05, 3.63) is 28.0 Å². The Bertz CT molecular complexity index is 529. The quantitative estimate of drug-likeness (QED) is 0.835. The Balaban J connectivity index is 2.09. The van der Waals surface area contributed by atoms with Gasteiger partial charge < -0.3 is 15.2 Å². The van der Waals surface area contributed by atoms with Gasteiger partial charge in [0.05, 0.1) is 4.88 Å². The van der Waals surface area contributed by atoms with Gasteiger partial charge >= 0.3 is 5.97 Å². The summed E-state index contributed by atoms with van der Waals surface area (Å²) in [6.07, 6.45) is 4.05. The maximum Gasteiger partial charge on any atom is 0.328 e. The van der Waals surface area contributed by atoms with E-state index in [9.17, 15) is 9.59 Å². The number of amides is 1. The number of carboxylic acids is 1. The van der Waals surface area contributed by atoms with Crippen LogP contribution in [0.1, 0.15) is 35.0 Å². The number of ether oxygens (including phenoxy) is 1. The molecule has 1 aliphatic heterocycles. The van der Waals surface area contributed by atoms with E-state index in [4.69, 9.17) is 9.84 Å². The molecule has 0 radical (unpaired) electrons. The van der Waals surface area contributed by atoms with E-state index in [2.05, 4.69) is 5.32 Å². The zero-order valence-corrected chi connectivity index (χ0v) is 12.0. The summed E-state index contributed by atoms with van der Waals surface area (Å²) in [5.41, 5.74) is 0.373. The molecule has 0 bridgehead atoms. The van der Waals surface area contributed by atoms with Gasteiger partial charge in [0, 0.05) is 24.8 Å². The Morgan fingerprint density at radius 1 is 1.45 bits per heavy atom. The van der Waals surface area contributed by atoms with Gasteiger partial charge in [-0.15, -0.1) is 11.3 Å². The molecule has 108 valence electrons. The Morgan fingerprint density at radius 3 is 2.80 bits per heavy atom. The van der Waals surface area contributed by atoms with E-state index in [0.29, 0.717) is 23.7 Å². The molecule has 0 aliphatic carbocycles. The van der Waals surface area contributed by atoms with Crippen LogP contribution in [-0.4, -0.2) is 35.7 Å². The molecule has 6 heteroatoms. The lowest BCUT2D eigenvalue weighted by atomic mass is 9.92. The Hall–Kier alpha value is -1.66. The molecule has 0 unspecified atom stereocenters. The second kappa shape index (κ2) is 6.19. The van der Waals surface area contributed by atoms with Gasteiger partial charge in [-0.05, 0) is 42.9 Å². The van der Waals surface area contributed by atoms with Crippen molar-refractivity contribution in [3.63, 3.8) is 0 Å². The highest BCUT2D eigenvalue weighted by atomic mass is 32.1. The Morgan fingerprint density at radius 2 is 2.15 bits per heavy atom. The van der Waals surface area contributed by atoms with E-state index in [1.54, 1.807) is 11.4 Å². The minimum Gasteiger partial charge on any atom is -0.478 e. The van der Waals surface area contributed by atoms with Crippen molar-refractivity contribution in [3.8, 4) is 0 Å². The molecule has 1 saturated heterocycles. The zero-order valence-electron chi connectivity index (χ0n) is 11.2. The van der Waals surface area contributed by atoms with E-state index < -0.39 is 5.97 Å². The highest BCUT2D eigenvalue weighted by molar-refractivity contribution is 7.12. The fourth-order valence-corrected chi connectivity index (χ4v) is 2.85. The van der Waals surface area contributed by atoms with Crippen LogP contribution in [0.5, 0.6) is 0 Å². The van der Waals surface area contributed by atoms with Gasteiger partial charge in [-0.1, -0.05) is 0 Å². The first kappa shape index (κ1) is 14.7. The zero-order chi connectivity index (χ0) is 14.6. The van der Waals surface area contributed by atoms with Crippen molar-refractivity contribution in [2.75, 3.05) is 13.2 Å². The second-order valence-electron chi connectivity index (χ2n) is 5.00. The van der Waals surface area contributed by atoms with Crippen molar-refractivity contribution in [1.82, 2.24) is 5.32 Å². The summed E-state index contributed by atoms with van der Waals surface area (Å²) in [6, 6.07) is 1.74. The van der Waals surface area contributed by atoms with Crippen molar-refractivity contribution < 1.29 is 19.4 Å². The normalized spacial score (nSPS) is 18.1. The number of carbonyl (C=O) groups excluding carboxylic acids is 1. The predicted molar refractivity (Wildman–Crippen MR) is 76.9 cm³/mol. The SMILES string of the molecule is CC1(NC(=O)c2sccc2/C=C/C(=O)O)CCOCC1. The van der Waals surface area contributed by atoms with Gasteiger partial charge in [0.2, 0.25) is 0 Å². The van der Waals surface area contributed by atoms with Crippen molar-refractivity contribution >= 4 is 29.3 Å². The molecule has 20 heavy (non-hydrogen) atoms. The largest absolute Gasteiger partial charge is 0.478 e. The Kier molecular flexibility index (Phi) is 4.57. The van der Waals surface area contributed by atoms with E-state index in [1.165, 1.54) is 17.4 Å². The van der Waals surface area contributed by atoms with E-state index in [-0.39, 0.29) is 11.4 Å². The molecule has 2 heterocycles. The van der Waals surface area contributed by atoms with Crippen LogP contribution in [0.15, 0.2) is 17.5 Å².